The quantitative estimate of drug-likeness (QED) is 0.476. The summed E-state index contributed by atoms with van der Waals surface area (Å²) in [6.45, 7) is 3.94. The maximum absolute atomic E-state index is 9.30. The van der Waals surface area contributed by atoms with Crippen molar-refractivity contribution in [2.45, 2.75) is 52.1 Å². The van der Waals surface area contributed by atoms with Crippen LogP contribution in [0.25, 0.3) is 0 Å². The van der Waals surface area contributed by atoms with Crippen LogP contribution in [0.5, 0.6) is 0 Å². The average molecular weight is 154 g/mol. The molecule has 0 aliphatic heterocycles. The van der Waals surface area contributed by atoms with E-state index in [4.69, 9.17) is 0 Å². The normalized spacial score (nSPS) is 11.9. The summed E-state index contributed by atoms with van der Waals surface area (Å²) in [6.07, 6.45) is 4.76. The number of unbranched alkanes of at least 4 members (excludes halogenated alkanes) is 1. The largest absolute Gasteiger partial charge is 0.393 e. The molecule has 0 aliphatic carbocycles. The smallest absolute Gasteiger partial charge is 0.0540 e. The molecule has 0 heterocycles. The summed E-state index contributed by atoms with van der Waals surface area (Å²) in [7, 11) is 0. The molecule has 0 aromatic carbocycles. The molecule has 11 heavy (non-hydrogen) atoms. The van der Waals surface area contributed by atoms with Crippen LogP contribution in [-0.4, -0.2) is 11.2 Å². The number of hydrogen-bond donors (Lipinski definition) is 1. The summed E-state index contributed by atoms with van der Waals surface area (Å²) in [5.74, 6) is 5.83. The summed E-state index contributed by atoms with van der Waals surface area (Å²) >= 11 is 0. The van der Waals surface area contributed by atoms with Gasteiger partial charge in [-0.25, -0.2) is 0 Å². The van der Waals surface area contributed by atoms with Crippen molar-refractivity contribution in [1.82, 2.24) is 0 Å². The molecule has 1 N–H and O–H groups in total. The van der Waals surface area contributed by atoms with Gasteiger partial charge in [0.15, 0.2) is 0 Å². The molecular formula is C10H18O. The zero-order valence-electron chi connectivity index (χ0n) is 7.56. The third-order valence-electron chi connectivity index (χ3n) is 1.64. The fraction of sp³-hybridized carbons (Fsp3) is 0.800. The highest BCUT2D eigenvalue weighted by Crippen LogP contribution is 2.05. The van der Waals surface area contributed by atoms with Crippen LogP contribution >= 0.6 is 0 Å². The first-order valence-corrected chi connectivity index (χ1v) is 4.39. The number of aliphatic hydroxyl groups excluding tert-OH is 1. The van der Waals surface area contributed by atoms with Gasteiger partial charge < -0.3 is 5.11 Å². The van der Waals surface area contributed by atoms with E-state index in [-0.39, 0.29) is 6.10 Å². The van der Waals surface area contributed by atoms with E-state index >= 15 is 0 Å². The van der Waals surface area contributed by atoms with Gasteiger partial charge >= 0.3 is 0 Å². The van der Waals surface area contributed by atoms with Gasteiger partial charge in [-0.3, -0.25) is 0 Å². The van der Waals surface area contributed by atoms with E-state index in [0.29, 0.717) is 0 Å². The fourth-order valence-corrected chi connectivity index (χ4v) is 1.03. The van der Waals surface area contributed by atoms with Crippen LogP contribution in [0.3, 0.4) is 0 Å². The van der Waals surface area contributed by atoms with Crippen molar-refractivity contribution in [3.05, 3.63) is 0 Å². The van der Waals surface area contributed by atoms with Crippen LogP contribution in [0.15, 0.2) is 0 Å². The maximum atomic E-state index is 9.30. The number of rotatable bonds is 5. The number of hydrogen-bond acceptors (Lipinski definition) is 1. The Morgan fingerprint density at radius 2 is 2.09 bits per heavy atom. The first kappa shape index (κ1) is 10.5. The second kappa shape index (κ2) is 7.63. The molecule has 1 atom stereocenters. The van der Waals surface area contributed by atoms with Crippen LogP contribution in [0.1, 0.15) is 46.0 Å². The van der Waals surface area contributed by atoms with E-state index in [2.05, 4.69) is 18.8 Å². The Hall–Kier alpha value is -0.480. The molecule has 0 saturated heterocycles. The minimum atomic E-state index is -0.0985. The molecule has 0 aromatic rings. The van der Waals surface area contributed by atoms with E-state index in [1.54, 1.807) is 0 Å². The van der Waals surface area contributed by atoms with Crippen LogP contribution in [0.4, 0.5) is 0 Å². The maximum Gasteiger partial charge on any atom is 0.0540 e. The van der Waals surface area contributed by atoms with Crippen molar-refractivity contribution in [3.63, 3.8) is 0 Å². The van der Waals surface area contributed by atoms with Gasteiger partial charge in [-0.2, -0.15) is 0 Å². The summed E-state index contributed by atoms with van der Waals surface area (Å²) in [5, 5.41) is 9.30. The molecule has 0 spiro atoms. The summed E-state index contributed by atoms with van der Waals surface area (Å²) in [4.78, 5) is 0. The Morgan fingerprint density at radius 1 is 1.36 bits per heavy atom. The lowest BCUT2D eigenvalue weighted by atomic mass is 10.1. The topological polar surface area (TPSA) is 20.2 Å². The third kappa shape index (κ3) is 7.42. The molecule has 0 amide bonds. The highest BCUT2D eigenvalue weighted by molar-refractivity contribution is 4.94. The highest BCUT2D eigenvalue weighted by Gasteiger charge is 1.99. The molecule has 0 radical (unpaired) electrons. The fourth-order valence-electron chi connectivity index (χ4n) is 1.03. The van der Waals surface area contributed by atoms with E-state index in [1.807, 2.05) is 6.92 Å². The second-order valence-electron chi connectivity index (χ2n) is 2.76. The van der Waals surface area contributed by atoms with Crippen LogP contribution in [-0.2, 0) is 0 Å². The van der Waals surface area contributed by atoms with Crippen molar-refractivity contribution >= 4 is 0 Å². The lowest BCUT2D eigenvalue weighted by molar-refractivity contribution is 0.151. The van der Waals surface area contributed by atoms with Gasteiger partial charge in [-0.15, -0.1) is 11.8 Å². The van der Waals surface area contributed by atoms with Gasteiger partial charge in [0.2, 0.25) is 0 Å². The van der Waals surface area contributed by atoms with E-state index in [1.165, 1.54) is 0 Å². The Morgan fingerprint density at radius 3 is 2.64 bits per heavy atom. The van der Waals surface area contributed by atoms with Crippen LogP contribution < -0.4 is 0 Å². The predicted molar refractivity (Wildman–Crippen MR) is 48.2 cm³/mol. The lowest BCUT2D eigenvalue weighted by Crippen LogP contribution is -2.04. The Kier molecular flexibility index (Phi) is 7.29. The molecule has 1 nitrogen and oxygen atoms in total. The Bertz CT molecular complexity index is 130. The minimum absolute atomic E-state index is 0.0985. The van der Waals surface area contributed by atoms with Gasteiger partial charge in [0, 0.05) is 6.42 Å². The lowest BCUT2D eigenvalue weighted by Gasteiger charge is -2.06. The first-order chi connectivity index (χ1) is 5.31. The van der Waals surface area contributed by atoms with Crippen molar-refractivity contribution in [2.24, 2.45) is 0 Å². The summed E-state index contributed by atoms with van der Waals surface area (Å²) in [6, 6.07) is 0. The molecule has 0 rings (SSSR count). The summed E-state index contributed by atoms with van der Waals surface area (Å²) < 4.78 is 0. The van der Waals surface area contributed by atoms with Crippen LogP contribution in [0, 0.1) is 11.8 Å². The van der Waals surface area contributed by atoms with Crippen molar-refractivity contribution < 1.29 is 5.11 Å². The van der Waals surface area contributed by atoms with Crippen molar-refractivity contribution in [2.75, 3.05) is 0 Å². The molecule has 64 valence electrons. The number of aliphatic hydroxyl groups is 1. The Balaban J connectivity index is 3.14. The van der Waals surface area contributed by atoms with E-state index in [0.717, 1.165) is 32.1 Å². The molecule has 0 aromatic heterocycles. The van der Waals surface area contributed by atoms with E-state index < -0.39 is 0 Å². The minimum Gasteiger partial charge on any atom is -0.393 e. The van der Waals surface area contributed by atoms with Crippen molar-refractivity contribution in [1.29, 1.82) is 0 Å². The highest BCUT2D eigenvalue weighted by atomic mass is 16.3. The SMILES string of the molecule is CC#CCCCC(O)CCC. The second-order valence-corrected chi connectivity index (χ2v) is 2.76. The molecule has 0 fully saturated rings. The van der Waals surface area contributed by atoms with Gasteiger partial charge in [-0.05, 0) is 26.2 Å². The van der Waals surface area contributed by atoms with E-state index in [9.17, 15) is 5.11 Å². The zero-order valence-corrected chi connectivity index (χ0v) is 7.56. The van der Waals surface area contributed by atoms with Gasteiger partial charge in [0.1, 0.15) is 0 Å². The van der Waals surface area contributed by atoms with Gasteiger partial charge in [0.05, 0.1) is 6.10 Å². The molecule has 1 unspecified atom stereocenters. The first-order valence-electron chi connectivity index (χ1n) is 4.39. The van der Waals surface area contributed by atoms with Crippen molar-refractivity contribution in [3.8, 4) is 11.8 Å². The zero-order chi connectivity index (χ0) is 8.53. The predicted octanol–water partition coefficient (Wildman–Crippen LogP) is 2.34. The average Bonchev–Trinajstić information content (AvgIpc) is 1.99. The van der Waals surface area contributed by atoms with Gasteiger partial charge in [-0.1, -0.05) is 13.3 Å². The Labute approximate surface area is 69.8 Å². The summed E-state index contributed by atoms with van der Waals surface area (Å²) in [5.41, 5.74) is 0. The molecular weight excluding hydrogens is 136 g/mol. The molecule has 0 bridgehead atoms. The van der Waals surface area contributed by atoms with Crippen LogP contribution in [0.2, 0.25) is 0 Å². The standard InChI is InChI=1S/C10H18O/c1-3-5-6-7-9-10(11)8-4-2/h10-11H,4,6-9H2,1-2H3. The monoisotopic (exact) mass is 154 g/mol. The molecule has 1 heteroatoms. The third-order valence-corrected chi connectivity index (χ3v) is 1.64. The molecule has 0 aliphatic rings. The molecule has 0 saturated carbocycles. The van der Waals surface area contributed by atoms with Gasteiger partial charge in [0.25, 0.3) is 0 Å².